The number of piperidine rings is 1. The first kappa shape index (κ1) is 18.4. The third-order valence-electron chi connectivity index (χ3n) is 5.30. The maximum absolute atomic E-state index is 12.9. The van der Waals surface area contributed by atoms with E-state index in [1.807, 2.05) is 21.6 Å². The first-order valence-corrected chi connectivity index (χ1v) is 9.15. The minimum absolute atomic E-state index is 0.0245. The maximum Gasteiger partial charge on any atom is 0.320 e. The van der Waals surface area contributed by atoms with Crippen LogP contribution in [-0.2, 0) is 0 Å². The van der Waals surface area contributed by atoms with Gasteiger partial charge in [-0.15, -0.1) is 0 Å². The van der Waals surface area contributed by atoms with E-state index in [0.717, 1.165) is 32.5 Å². The van der Waals surface area contributed by atoms with Crippen LogP contribution in [0.15, 0.2) is 18.2 Å². The van der Waals surface area contributed by atoms with Crippen LogP contribution in [0.25, 0.3) is 0 Å². The van der Waals surface area contributed by atoms with Gasteiger partial charge in [-0.3, -0.25) is 4.79 Å². The van der Waals surface area contributed by atoms with Crippen LogP contribution in [0.2, 0.25) is 0 Å². The molecule has 2 heterocycles. The van der Waals surface area contributed by atoms with Crippen LogP contribution >= 0.6 is 0 Å². The highest BCUT2D eigenvalue weighted by Crippen LogP contribution is 2.26. The van der Waals surface area contributed by atoms with Crippen LogP contribution in [0, 0.1) is 0 Å². The van der Waals surface area contributed by atoms with Crippen LogP contribution < -0.4 is 9.47 Å². The molecule has 2 aliphatic heterocycles. The third kappa shape index (κ3) is 3.57. The molecule has 0 saturated carbocycles. The lowest BCUT2D eigenvalue weighted by molar-refractivity contribution is 0.0663. The smallest absolute Gasteiger partial charge is 0.320 e. The van der Waals surface area contributed by atoms with Gasteiger partial charge in [0.1, 0.15) is 11.5 Å². The Labute approximate surface area is 154 Å². The number of methoxy groups -OCH3 is 2. The molecule has 7 nitrogen and oxygen atoms in total. The summed E-state index contributed by atoms with van der Waals surface area (Å²) < 4.78 is 10.5. The predicted octanol–water partition coefficient (Wildman–Crippen LogP) is 2.07. The molecule has 0 atom stereocenters. The molecule has 2 saturated heterocycles. The van der Waals surface area contributed by atoms with Gasteiger partial charge >= 0.3 is 6.03 Å². The number of hydrogen-bond acceptors (Lipinski definition) is 4. The van der Waals surface area contributed by atoms with Gasteiger partial charge in [0.15, 0.2) is 0 Å². The lowest BCUT2D eigenvalue weighted by Crippen LogP contribution is -2.48. The van der Waals surface area contributed by atoms with Gasteiger partial charge in [0.25, 0.3) is 5.91 Å². The number of nitrogens with zero attached hydrogens (tertiary/aromatic N) is 3. The van der Waals surface area contributed by atoms with E-state index >= 15 is 0 Å². The van der Waals surface area contributed by atoms with Gasteiger partial charge in [0.2, 0.25) is 0 Å². The Kier molecular flexibility index (Phi) is 5.54. The predicted molar refractivity (Wildman–Crippen MR) is 97.8 cm³/mol. The zero-order valence-electron chi connectivity index (χ0n) is 15.7. The molecule has 1 aromatic carbocycles. The number of ether oxygens (including phenoxy) is 2. The van der Waals surface area contributed by atoms with Crippen molar-refractivity contribution < 1.29 is 19.1 Å². The molecule has 1 aromatic rings. The Balaban J connectivity index is 1.63. The monoisotopic (exact) mass is 361 g/mol. The summed E-state index contributed by atoms with van der Waals surface area (Å²) in [6.45, 7) is 5.66. The topological polar surface area (TPSA) is 62.3 Å². The zero-order chi connectivity index (χ0) is 18.7. The second kappa shape index (κ2) is 7.85. The van der Waals surface area contributed by atoms with Crippen molar-refractivity contribution in [3.05, 3.63) is 23.8 Å². The lowest BCUT2D eigenvalue weighted by Gasteiger charge is -2.36. The van der Waals surface area contributed by atoms with Gasteiger partial charge in [0.05, 0.1) is 14.2 Å². The van der Waals surface area contributed by atoms with E-state index in [2.05, 4.69) is 0 Å². The Morgan fingerprint density at radius 1 is 1.04 bits per heavy atom. The van der Waals surface area contributed by atoms with E-state index < -0.39 is 0 Å². The van der Waals surface area contributed by atoms with E-state index in [1.54, 1.807) is 32.4 Å². The molecule has 3 amide bonds. The van der Waals surface area contributed by atoms with E-state index in [-0.39, 0.29) is 18.0 Å². The lowest BCUT2D eigenvalue weighted by atomic mass is 10.0. The second-order valence-corrected chi connectivity index (χ2v) is 6.68. The van der Waals surface area contributed by atoms with Gasteiger partial charge in [-0.1, -0.05) is 0 Å². The summed E-state index contributed by atoms with van der Waals surface area (Å²) in [5.74, 6) is 1.18. The first-order valence-electron chi connectivity index (χ1n) is 9.15. The number of amides is 3. The van der Waals surface area contributed by atoms with E-state index in [1.165, 1.54) is 0 Å². The van der Waals surface area contributed by atoms with E-state index in [0.29, 0.717) is 30.2 Å². The highest BCUT2D eigenvalue weighted by molar-refractivity contribution is 5.95. The summed E-state index contributed by atoms with van der Waals surface area (Å²) in [5.41, 5.74) is 0.564. The Bertz CT molecular complexity index is 648. The Hall–Kier alpha value is -2.44. The van der Waals surface area contributed by atoms with Crippen LogP contribution in [0.4, 0.5) is 4.79 Å². The molecular formula is C19H27N3O4. The van der Waals surface area contributed by atoms with Crippen molar-refractivity contribution in [1.82, 2.24) is 14.7 Å². The summed E-state index contributed by atoms with van der Waals surface area (Å²) >= 11 is 0. The second-order valence-electron chi connectivity index (χ2n) is 6.68. The number of urea groups is 1. The highest BCUT2D eigenvalue weighted by atomic mass is 16.5. The van der Waals surface area contributed by atoms with Crippen molar-refractivity contribution in [3.8, 4) is 11.5 Å². The molecule has 0 bridgehead atoms. The fraction of sp³-hybridized carbons (Fsp3) is 0.579. The van der Waals surface area contributed by atoms with Gasteiger partial charge in [-0.25, -0.2) is 4.79 Å². The van der Waals surface area contributed by atoms with Gasteiger partial charge in [0, 0.05) is 50.4 Å². The molecule has 0 aliphatic carbocycles. The first-order chi connectivity index (χ1) is 12.6. The van der Waals surface area contributed by atoms with Crippen LogP contribution in [0.5, 0.6) is 11.5 Å². The average Bonchev–Trinajstić information content (AvgIpc) is 3.07. The molecule has 0 unspecified atom stereocenters. The SMILES string of the molecule is CCN1CCN(C2CCN(C(=O)c3cc(OC)cc(OC)c3)CC2)C1=O. The van der Waals surface area contributed by atoms with Crippen molar-refractivity contribution in [2.24, 2.45) is 0 Å². The van der Waals surface area contributed by atoms with Crippen molar-refractivity contribution in [3.63, 3.8) is 0 Å². The molecule has 2 aliphatic rings. The molecule has 0 aromatic heterocycles. The van der Waals surface area contributed by atoms with Gasteiger partial charge in [-0.05, 0) is 31.9 Å². The number of carbonyl (C=O) groups excluding carboxylic acids is 2. The molecule has 3 rings (SSSR count). The summed E-state index contributed by atoms with van der Waals surface area (Å²) in [6.07, 6.45) is 1.63. The summed E-state index contributed by atoms with van der Waals surface area (Å²) in [4.78, 5) is 30.9. The largest absolute Gasteiger partial charge is 0.497 e. The van der Waals surface area contributed by atoms with Crippen molar-refractivity contribution >= 4 is 11.9 Å². The summed E-state index contributed by atoms with van der Waals surface area (Å²) in [5, 5.41) is 0. The number of likely N-dealkylation sites (N-methyl/N-ethyl adjacent to an activating group) is 1. The maximum atomic E-state index is 12.9. The molecule has 2 fully saturated rings. The van der Waals surface area contributed by atoms with Gasteiger partial charge < -0.3 is 24.2 Å². The molecular weight excluding hydrogens is 334 g/mol. The summed E-state index contributed by atoms with van der Waals surface area (Å²) in [6, 6.07) is 5.58. The molecule has 0 radical (unpaired) electrons. The van der Waals surface area contributed by atoms with E-state index in [9.17, 15) is 9.59 Å². The summed E-state index contributed by atoms with van der Waals surface area (Å²) in [7, 11) is 3.14. The average molecular weight is 361 g/mol. The minimum atomic E-state index is -0.0245. The fourth-order valence-corrected chi connectivity index (χ4v) is 3.73. The Morgan fingerprint density at radius 3 is 2.15 bits per heavy atom. The van der Waals surface area contributed by atoms with Crippen molar-refractivity contribution in [2.45, 2.75) is 25.8 Å². The zero-order valence-corrected chi connectivity index (χ0v) is 15.7. The van der Waals surface area contributed by atoms with E-state index in [4.69, 9.17) is 9.47 Å². The quantitative estimate of drug-likeness (QED) is 0.805. The Morgan fingerprint density at radius 2 is 1.65 bits per heavy atom. The number of hydrogen-bond donors (Lipinski definition) is 0. The van der Waals surface area contributed by atoms with Crippen molar-refractivity contribution in [2.75, 3.05) is 46.9 Å². The number of rotatable bonds is 5. The molecule has 26 heavy (non-hydrogen) atoms. The number of carbonyl (C=O) groups is 2. The normalized spacial score (nSPS) is 18.4. The fourth-order valence-electron chi connectivity index (χ4n) is 3.73. The highest BCUT2D eigenvalue weighted by Gasteiger charge is 2.35. The molecule has 0 spiro atoms. The van der Waals surface area contributed by atoms with Gasteiger partial charge in [-0.2, -0.15) is 0 Å². The minimum Gasteiger partial charge on any atom is -0.497 e. The molecule has 7 heteroatoms. The van der Waals surface area contributed by atoms with Crippen molar-refractivity contribution in [1.29, 1.82) is 0 Å². The van der Waals surface area contributed by atoms with Crippen LogP contribution in [0.1, 0.15) is 30.1 Å². The standard InChI is InChI=1S/C19H27N3O4/c1-4-20-9-10-22(19(20)24)15-5-7-21(8-6-15)18(23)14-11-16(25-2)13-17(12-14)26-3/h11-13,15H,4-10H2,1-3H3. The number of benzene rings is 1. The number of likely N-dealkylation sites (tertiary alicyclic amines) is 1. The third-order valence-corrected chi connectivity index (χ3v) is 5.30. The van der Waals surface area contributed by atoms with Crippen LogP contribution in [0.3, 0.4) is 0 Å². The van der Waals surface area contributed by atoms with Crippen LogP contribution in [-0.4, -0.2) is 79.6 Å². The molecule has 0 N–H and O–H groups in total. The molecule has 142 valence electrons.